The molecule has 2 aromatic carbocycles. The van der Waals surface area contributed by atoms with Crippen LogP contribution in [0.3, 0.4) is 0 Å². The Morgan fingerprint density at radius 2 is 1.68 bits per heavy atom. The zero-order valence-corrected chi connectivity index (χ0v) is 9.70. The molecule has 0 radical (unpaired) electrons. The van der Waals surface area contributed by atoms with Crippen LogP contribution in [0.5, 0.6) is 0 Å². The van der Waals surface area contributed by atoms with E-state index in [0.29, 0.717) is 16.6 Å². The molecule has 0 aliphatic carbocycles. The highest BCUT2D eigenvalue weighted by Crippen LogP contribution is 2.33. The third-order valence-electron chi connectivity index (χ3n) is 2.94. The first kappa shape index (κ1) is 11.8. The van der Waals surface area contributed by atoms with E-state index in [2.05, 4.69) is 10.2 Å². The molecular formula is C14H9F3N2. The summed E-state index contributed by atoms with van der Waals surface area (Å²) in [6, 6.07) is 12.7. The van der Waals surface area contributed by atoms with Gasteiger partial charge in [-0.2, -0.15) is 18.3 Å². The molecular weight excluding hydrogens is 253 g/mol. The van der Waals surface area contributed by atoms with E-state index in [4.69, 9.17) is 0 Å². The van der Waals surface area contributed by atoms with Gasteiger partial charge in [0, 0.05) is 10.9 Å². The topological polar surface area (TPSA) is 28.7 Å². The summed E-state index contributed by atoms with van der Waals surface area (Å²) in [7, 11) is 0. The highest BCUT2D eigenvalue weighted by Gasteiger charge is 2.30. The molecule has 0 fully saturated rings. The van der Waals surface area contributed by atoms with Crippen LogP contribution in [0.4, 0.5) is 13.2 Å². The van der Waals surface area contributed by atoms with E-state index in [1.54, 1.807) is 0 Å². The average Bonchev–Trinajstić information content (AvgIpc) is 2.81. The molecule has 0 amide bonds. The third kappa shape index (κ3) is 2.07. The monoisotopic (exact) mass is 262 g/mol. The van der Waals surface area contributed by atoms with Crippen LogP contribution in [0.2, 0.25) is 0 Å². The SMILES string of the molecule is FC(F)(F)c1ccc2[nH]nc(-c3ccccc3)c2c1. The largest absolute Gasteiger partial charge is 0.416 e. The minimum absolute atomic E-state index is 0.473. The molecule has 0 unspecified atom stereocenters. The Kier molecular flexibility index (Phi) is 2.55. The van der Waals surface area contributed by atoms with Gasteiger partial charge in [-0.15, -0.1) is 0 Å². The summed E-state index contributed by atoms with van der Waals surface area (Å²) in [5.74, 6) is 0. The van der Waals surface area contributed by atoms with Gasteiger partial charge < -0.3 is 0 Å². The van der Waals surface area contributed by atoms with Crippen molar-refractivity contribution in [1.29, 1.82) is 0 Å². The second kappa shape index (κ2) is 4.12. The molecule has 96 valence electrons. The number of fused-ring (bicyclic) bond motifs is 1. The number of aromatic amines is 1. The molecule has 3 aromatic rings. The van der Waals surface area contributed by atoms with Gasteiger partial charge in [-0.25, -0.2) is 0 Å². The van der Waals surface area contributed by atoms with Crippen LogP contribution in [-0.4, -0.2) is 10.2 Å². The number of H-pyrrole nitrogens is 1. The summed E-state index contributed by atoms with van der Waals surface area (Å²) in [5.41, 5.74) is 1.24. The Balaban J connectivity index is 2.22. The maximum Gasteiger partial charge on any atom is 0.416 e. The minimum Gasteiger partial charge on any atom is -0.277 e. The van der Waals surface area contributed by atoms with Gasteiger partial charge in [0.1, 0.15) is 0 Å². The molecule has 0 aliphatic heterocycles. The lowest BCUT2D eigenvalue weighted by molar-refractivity contribution is -0.137. The van der Waals surface area contributed by atoms with Crippen molar-refractivity contribution in [3.05, 3.63) is 54.1 Å². The normalized spacial score (nSPS) is 11.9. The van der Waals surface area contributed by atoms with Crippen LogP contribution in [-0.2, 0) is 6.18 Å². The third-order valence-corrected chi connectivity index (χ3v) is 2.94. The maximum atomic E-state index is 12.7. The van der Waals surface area contributed by atoms with Gasteiger partial charge in [-0.1, -0.05) is 30.3 Å². The molecule has 0 atom stereocenters. The van der Waals surface area contributed by atoms with Crippen molar-refractivity contribution in [1.82, 2.24) is 10.2 Å². The molecule has 0 aliphatic rings. The molecule has 0 saturated heterocycles. The van der Waals surface area contributed by atoms with Crippen molar-refractivity contribution in [2.75, 3.05) is 0 Å². The van der Waals surface area contributed by atoms with Gasteiger partial charge >= 0.3 is 6.18 Å². The lowest BCUT2D eigenvalue weighted by atomic mass is 10.1. The maximum absolute atomic E-state index is 12.7. The molecule has 1 aromatic heterocycles. The van der Waals surface area contributed by atoms with Crippen molar-refractivity contribution in [3.63, 3.8) is 0 Å². The lowest BCUT2D eigenvalue weighted by Crippen LogP contribution is -2.04. The van der Waals surface area contributed by atoms with E-state index in [0.717, 1.165) is 17.7 Å². The Morgan fingerprint density at radius 1 is 0.947 bits per heavy atom. The molecule has 19 heavy (non-hydrogen) atoms. The Labute approximate surface area is 106 Å². The van der Waals surface area contributed by atoms with Crippen molar-refractivity contribution >= 4 is 10.9 Å². The first-order valence-electron chi connectivity index (χ1n) is 5.66. The van der Waals surface area contributed by atoms with Crippen LogP contribution in [0.15, 0.2) is 48.5 Å². The van der Waals surface area contributed by atoms with E-state index >= 15 is 0 Å². The standard InChI is InChI=1S/C14H9F3N2/c15-14(16,17)10-6-7-12-11(8-10)13(19-18-12)9-4-2-1-3-5-9/h1-8H,(H,18,19). The molecule has 5 heteroatoms. The first-order chi connectivity index (χ1) is 9.05. The molecule has 1 N–H and O–H groups in total. The second-order valence-corrected chi connectivity index (χ2v) is 4.20. The van der Waals surface area contributed by atoms with Crippen molar-refractivity contribution < 1.29 is 13.2 Å². The summed E-state index contributed by atoms with van der Waals surface area (Å²) in [6.07, 6.45) is -4.35. The van der Waals surface area contributed by atoms with Crippen LogP contribution in [0.1, 0.15) is 5.56 Å². The zero-order chi connectivity index (χ0) is 13.5. The van der Waals surface area contributed by atoms with Gasteiger partial charge in [0.25, 0.3) is 0 Å². The van der Waals surface area contributed by atoms with Gasteiger partial charge in [0.15, 0.2) is 0 Å². The summed E-state index contributed by atoms with van der Waals surface area (Å²) in [5, 5.41) is 7.32. The lowest BCUT2D eigenvalue weighted by Gasteiger charge is -2.06. The number of alkyl halides is 3. The molecule has 2 nitrogen and oxygen atoms in total. The number of aromatic nitrogens is 2. The van der Waals surface area contributed by atoms with Gasteiger partial charge in [-0.3, -0.25) is 5.10 Å². The van der Waals surface area contributed by atoms with Gasteiger partial charge in [0.2, 0.25) is 0 Å². The fourth-order valence-corrected chi connectivity index (χ4v) is 2.01. The number of nitrogens with one attached hydrogen (secondary N) is 1. The molecule has 0 spiro atoms. The number of hydrogen-bond acceptors (Lipinski definition) is 1. The Morgan fingerprint density at radius 3 is 2.37 bits per heavy atom. The van der Waals surface area contributed by atoms with E-state index in [1.807, 2.05) is 30.3 Å². The summed E-state index contributed by atoms with van der Waals surface area (Å²) < 4.78 is 38.2. The average molecular weight is 262 g/mol. The number of nitrogens with zero attached hydrogens (tertiary/aromatic N) is 1. The van der Waals surface area contributed by atoms with Crippen LogP contribution in [0.25, 0.3) is 22.2 Å². The van der Waals surface area contributed by atoms with Gasteiger partial charge in [0.05, 0.1) is 16.8 Å². The van der Waals surface area contributed by atoms with Crippen LogP contribution < -0.4 is 0 Å². The minimum atomic E-state index is -4.35. The van der Waals surface area contributed by atoms with Crippen LogP contribution >= 0.6 is 0 Å². The highest BCUT2D eigenvalue weighted by atomic mass is 19.4. The molecule has 0 bridgehead atoms. The van der Waals surface area contributed by atoms with E-state index in [1.165, 1.54) is 6.07 Å². The number of halogens is 3. The Hall–Kier alpha value is -2.30. The summed E-state index contributed by atoms with van der Waals surface area (Å²) >= 11 is 0. The molecule has 1 heterocycles. The molecule has 3 rings (SSSR count). The number of hydrogen-bond donors (Lipinski definition) is 1. The summed E-state index contributed by atoms with van der Waals surface area (Å²) in [6.45, 7) is 0. The first-order valence-corrected chi connectivity index (χ1v) is 5.66. The second-order valence-electron chi connectivity index (χ2n) is 4.20. The fraction of sp³-hybridized carbons (Fsp3) is 0.0714. The smallest absolute Gasteiger partial charge is 0.277 e. The highest BCUT2D eigenvalue weighted by molar-refractivity contribution is 5.93. The van der Waals surface area contributed by atoms with Gasteiger partial charge in [-0.05, 0) is 18.2 Å². The van der Waals surface area contributed by atoms with Crippen LogP contribution in [0, 0.1) is 0 Å². The number of benzene rings is 2. The van der Waals surface area contributed by atoms with E-state index < -0.39 is 11.7 Å². The van der Waals surface area contributed by atoms with Crippen molar-refractivity contribution in [2.24, 2.45) is 0 Å². The summed E-state index contributed by atoms with van der Waals surface area (Å²) in [4.78, 5) is 0. The number of rotatable bonds is 1. The predicted octanol–water partition coefficient (Wildman–Crippen LogP) is 4.25. The van der Waals surface area contributed by atoms with E-state index in [9.17, 15) is 13.2 Å². The molecule has 0 saturated carbocycles. The predicted molar refractivity (Wildman–Crippen MR) is 66.5 cm³/mol. The van der Waals surface area contributed by atoms with E-state index in [-0.39, 0.29) is 0 Å². The quantitative estimate of drug-likeness (QED) is 0.697. The zero-order valence-electron chi connectivity index (χ0n) is 9.70. The van der Waals surface area contributed by atoms with Crippen molar-refractivity contribution in [3.8, 4) is 11.3 Å². The fourth-order valence-electron chi connectivity index (χ4n) is 2.01. The Bertz CT molecular complexity index is 714. The van der Waals surface area contributed by atoms with Crippen molar-refractivity contribution in [2.45, 2.75) is 6.18 Å².